The molecule has 2 heterocycles. The number of carbonyl (C=O) groups is 1. The standard InChI is InChI=1S/C20H18F4N2O2/c21-14-7-12(6-13(8-14)20(22,23)24)10-26-4-5-28-18(11-26)15-2-1-3-16-17(15)9-25-19(16)27/h1-3,6-8,18H,4-5,9-11H2,(H,25,27)/t18-/m1/s1. The number of rotatable bonds is 3. The van der Waals surface area contributed by atoms with Crippen LogP contribution in [0.25, 0.3) is 0 Å². The molecule has 2 aromatic rings. The van der Waals surface area contributed by atoms with Crippen LogP contribution in [0.4, 0.5) is 17.6 Å². The van der Waals surface area contributed by atoms with E-state index in [2.05, 4.69) is 5.32 Å². The number of benzene rings is 2. The lowest BCUT2D eigenvalue weighted by atomic mass is 9.97. The highest BCUT2D eigenvalue weighted by Crippen LogP contribution is 2.32. The van der Waals surface area contributed by atoms with Crippen LogP contribution in [0.5, 0.6) is 0 Å². The Morgan fingerprint density at radius 2 is 2.04 bits per heavy atom. The summed E-state index contributed by atoms with van der Waals surface area (Å²) in [6, 6.07) is 8.07. The van der Waals surface area contributed by atoms with E-state index in [1.165, 1.54) is 0 Å². The van der Waals surface area contributed by atoms with Crippen molar-refractivity contribution in [2.24, 2.45) is 0 Å². The average Bonchev–Trinajstić information content (AvgIpc) is 3.02. The van der Waals surface area contributed by atoms with Gasteiger partial charge in [0.1, 0.15) is 5.82 Å². The summed E-state index contributed by atoms with van der Waals surface area (Å²) in [7, 11) is 0. The van der Waals surface area contributed by atoms with Crippen LogP contribution in [0, 0.1) is 5.82 Å². The molecule has 1 atom stereocenters. The van der Waals surface area contributed by atoms with Crippen LogP contribution in [0.15, 0.2) is 36.4 Å². The van der Waals surface area contributed by atoms with Crippen molar-refractivity contribution in [1.29, 1.82) is 0 Å². The number of carbonyl (C=O) groups excluding carboxylic acids is 1. The summed E-state index contributed by atoms with van der Waals surface area (Å²) in [6.45, 7) is 2.00. The molecule has 0 aromatic heterocycles. The first kappa shape index (κ1) is 18.9. The van der Waals surface area contributed by atoms with E-state index in [-0.39, 0.29) is 24.1 Å². The molecule has 28 heavy (non-hydrogen) atoms. The lowest BCUT2D eigenvalue weighted by Gasteiger charge is -2.34. The van der Waals surface area contributed by atoms with Crippen LogP contribution in [-0.2, 0) is 24.0 Å². The maximum atomic E-state index is 13.7. The summed E-state index contributed by atoms with van der Waals surface area (Å²) >= 11 is 0. The van der Waals surface area contributed by atoms with Crippen LogP contribution in [-0.4, -0.2) is 30.5 Å². The molecule has 4 nitrogen and oxygen atoms in total. The van der Waals surface area contributed by atoms with E-state index in [1.807, 2.05) is 11.0 Å². The van der Waals surface area contributed by atoms with Crippen molar-refractivity contribution in [2.75, 3.05) is 19.7 Å². The number of nitrogens with zero attached hydrogens (tertiary/aromatic N) is 1. The largest absolute Gasteiger partial charge is 0.416 e. The summed E-state index contributed by atoms with van der Waals surface area (Å²) < 4.78 is 58.3. The van der Waals surface area contributed by atoms with Gasteiger partial charge in [-0.05, 0) is 41.0 Å². The number of ether oxygens (including phenoxy) is 1. The molecule has 1 saturated heterocycles. The maximum absolute atomic E-state index is 13.7. The number of halogens is 4. The molecule has 0 aliphatic carbocycles. The first-order valence-corrected chi connectivity index (χ1v) is 8.92. The number of hydrogen-bond donors (Lipinski definition) is 1. The van der Waals surface area contributed by atoms with Crippen molar-refractivity contribution in [2.45, 2.75) is 25.4 Å². The molecule has 0 saturated carbocycles. The normalized spacial score (nSPS) is 20.1. The molecular formula is C20H18F4N2O2. The highest BCUT2D eigenvalue weighted by atomic mass is 19.4. The number of amides is 1. The number of morpholine rings is 1. The topological polar surface area (TPSA) is 41.6 Å². The van der Waals surface area contributed by atoms with Gasteiger partial charge in [0.2, 0.25) is 0 Å². The molecule has 0 spiro atoms. The summed E-state index contributed by atoms with van der Waals surface area (Å²) in [4.78, 5) is 13.8. The summed E-state index contributed by atoms with van der Waals surface area (Å²) in [5.41, 5.74) is 1.69. The Morgan fingerprint density at radius 1 is 1.21 bits per heavy atom. The number of fused-ring (bicyclic) bond motifs is 1. The summed E-state index contributed by atoms with van der Waals surface area (Å²) in [5, 5.41) is 2.79. The zero-order chi connectivity index (χ0) is 19.9. The second kappa shape index (κ2) is 7.18. The van der Waals surface area contributed by atoms with Gasteiger partial charge in [-0.3, -0.25) is 9.69 Å². The third kappa shape index (κ3) is 3.74. The quantitative estimate of drug-likeness (QED) is 0.808. The first-order chi connectivity index (χ1) is 13.3. The van der Waals surface area contributed by atoms with E-state index in [0.29, 0.717) is 37.9 Å². The molecule has 0 radical (unpaired) electrons. The Labute approximate surface area is 159 Å². The predicted molar refractivity (Wildman–Crippen MR) is 93.0 cm³/mol. The van der Waals surface area contributed by atoms with Gasteiger partial charge in [0, 0.05) is 31.7 Å². The minimum Gasteiger partial charge on any atom is -0.371 e. The molecule has 0 unspecified atom stereocenters. The maximum Gasteiger partial charge on any atom is 0.416 e. The molecule has 2 aliphatic rings. The Hall–Kier alpha value is -2.45. The molecular weight excluding hydrogens is 376 g/mol. The highest BCUT2D eigenvalue weighted by molar-refractivity contribution is 5.98. The van der Waals surface area contributed by atoms with E-state index < -0.39 is 17.6 Å². The van der Waals surface area contributed by atoms with Crippen molar-refractivity contribution >= 4 is 5.91 Å². The molecule has 4 rings (SSSR count). The van der Waals surface area contributed by atoms with Crippen molar-refractivity contribution in [3.05, 3.63) is 70.0 Å². The first-order valence-electron chi connectivity index (χ1n) is 8.92. The minimum atomic E-state index is -4.59. The molecule has 0 bridgehead atoms. The van der Waals surface area contributed by atoms with Gasteiger partial charge in [-0.15, -0.1) is 0 Å². The van der Waals surface area contributed by atoms with Gasteiger partial charge in [-0.25, -0.2) is 4.39 Å². The monoisotopic (exact) mass is 394 g/mol. The Morgan fingerprint density at radius 3 is 2.82 bits per heavy atom. The lowest BCUT2D eigenvalue weighted by molar-refractivity contribution is -0.137. The van der Waals surface area contributed by atoms with Crippen LogP contribution in [0.2, 0.25) is 0 Å². The average molecular weight is 394 g/mol. The molecule has 1 N–H and O–H groups in total. The van der Waals surface area contributed by atoms with Crippen molar-refractivity contribution in [1.82, 2.24) is 10.2 Å². The smallest absolute Gasteiger partial charge is 0.371 e. The third-order valence-electron chi connectivity index (χ3n) is 5.07. The number of alkyl halides is 3. The van der Waals surface area contributed by atoms with Gasteiger partial charge in [0.25, 0.3) is 5.91 Å². The van der Waals surface area contributed by atoms with Gasteiger partial charge in [0.15, 0.2) is 0 Å². The Balaban J connectivity index is 1.53. The van der Waals surface area contributed by atoms with Gasteiger partial charge in [-0.1, -0.05) is 12.1 Å². The summed E-state index contributed by atoms with van der Waals surface area (Å²) in [6.07, 6.45) is -4.89. The number of nitrogens with one attached hydrogen (secondary N) is 1. The fraction of sp³-hybridized carbons (Fsp3) is 0.350. The fourth-order valence-corrected chi connectivity index (χ4v) is 3.78. The molecule has 1 fully saturated rings. The molecule has 148 valence electrons. The van der Waals surface area contributed by atoms with Crippen molar-refractivity contribution in [3.63, 3.8) is 0 Å². The van der Waals surface area contributed by atoms with Gasteiger partial charge in [0.05, 0.1) is 18.3 Å². The van der Waals surface area contributed by atoms with Crippen molar-refractivity contribution in [3.8, 4) is 0 Å². The van der Waals surface area contributed by atoms with Crippen LogP contribution in [0.3, 0.4) is 0 Å². The SMILES string of the molecule is O=C1NCc2c1cccc2[C@H]1CN(Cc2cc(F)cc(C(F)(F)F)c2)CCO1. The Bertz CT molecular complexity index is 914. The zero-order valence-corrected chi connectivity index (χ0v) is 14.9. The zero-order valence-electron chi connectivity index (χ0n) is 14.9. The van der Waals surface area contributed by atoms with Crippen LogP contribution < -0.4 is 5.32 Å². The fourth-order valence-electron chi connectivity index (χ4n) is 3.78. The second-order valence-corrected chi connectivity index (χ2v) is 7.00. The van der Waals surface area contributed by atoms with E-state index >= 15 is 0 Å². The summed E-state index contributed by atoms with van der Waals surface area (Å²) in [5.74, 6) is -1.02. The van der Waals surface area contributed by atoms with Crippen LogP contribution >= 0.6 is 0 Å². The van der Waals surface area contributed by atoms with E-state index in [1.54, 1.807) is 12.1 Å². The van der Waals surface area contributed by atoms with Crippen molar-refractivity contribution < 1.29 is 27.1 Å². The van der Waals surface area contributed by atoms with Gasteiger partial charge in [-0.2, -0.15) is 13.2 Å². The molecule has 1 amide bonds. The highest BCUT2D eigenvalue weighted by Gasteiger charge is 2.32. The predicted octanol–water partition coefficient (Wildman–Crippen LogP) is 3.66. The van der Waals surface area contributed by atoms with Gasteiger partial charge < -0.3 is 10.1 Å². The Kier molecular flexibility index (Phi) is 4.84. The third-order valence-corrected chi connectivity index (χ3v) is 5.07. The molecule has 8 heteroatoms. The minimum absolute atomic E-state index is 0.121. The van der Waals surface area contributed by atoms with Gasteiger partial charge >= 0.3 is 6.18 Å². The van der Waals surface area contributed by atoms with E-state index in [9.17, 15) is 22.4 Å². The molecule has 2 aliphatic heterocycles. The lowest BCUT2D eigenvalue weighted by Crippen LogP contribution is -2.38. The van der Waals surface area contributed by atoms with Crippen LogP contribution in [0.1, 0.15) is 38.7 Å². The van der Waals surface area contributed by atoms with E-state index in [4.69, 9.17) is 4.74 Å². The molecule has 2 aromatic carbocycles. The number of hydrogen-bond acceptors (Lipinski definition) is 3. The van der Waals surface area contributed by atoms with E-state index in [0.717, 1.165) is 23.3 Å². The second-order valence-electron chi connectivity index (χ2n) is 7.00.